The van der Waals surface area contributed by atoms with Crippen LogP contribution in [0.15, 0.2) is 60.7 Å². The predicted molar refractivity (Wildman–Crippen MR) is 108 cm³/mol. The van der Waals surface area contributed by atoms with Crippen LogP contribution in [0.3, 0.4) is 0 Å². The summed E-state index contributed by atoms with van der Waals surface area (Å²) < 4.78 is 0. The standard InChI is InChI=1S/C22H25N3O2/c1-17-7-5-6-10-20(17)25(16-22(27)24-14-13-19(23)15-24)21(26)12-11-18-8-3-2-4-9-18/h2-12,19H,13-16,23H2,1H3/b12-11+. The van der Waals surface area contributed by atoms with Gasteiger partial charge in [-0.25, -0.2) is 0 Å². The van der Waals surface area contributed by atoms with Crippen molar-refractivity contribution in [3.8, 4) is 0 Å². The van der Waals surface area contributed by atoms with Gasteiger partial charge in [-0.1, -0.05) is 48.5 Å². The number of anilines is 1. The van der Waals surface area contributed by atoms with Gasteiger partial charge in [-0.05, 0) is 36.6 Å². The molecule has 2 aromatic carbocycles. The molecule has 5 nitrogen and oxygen atoms in total. The summed E-state index contributed by atoms with van der Waals surface area (Å²) in [6.45, 7) is 3.15. The topological polar surface area (TPSA) is 66.6 Å². The first-order valence-corrected chi connectivity index (χ1v) is 9.18. The Morgan fingerprint density at radius 1 is 1.15 bits per heavy atom. The third kappa shape index (κ3) is 4.83. The fourth-order valence-electron chi connectivity index (χ4n) is 3.22. The first-order valence-electron chi connectivity index (χ1n) is 9.18. The van der Waals surface area contributed by atoms with Crippen molar-refractivity contribution in [3.63, 3.8) is 0 Å². The van der Waals surface area contributed by atoms with Crippen LogP contribution in [-0.4, -0.2) is 42.4 Å². The Morgan fingerprint density at radius 2 is 1.85 bits per heavy atom. The van der Waals surface area contributed by atoms with Gasteiger partial charge in [0.15, 0.2) is 0 Å². The number of rotatable bonds is 5. The molecule has 1 heterocycles. The number of nitrogens with two attached hydrogens (primary N) is 1. The number of carbonyl (C=O) groups is 2. The van der Waals surface area contributed by atoms with Crippen molar-refractivity contribution >= 4 is 23.6 Å². The molecule has 27 heavy (non-hydrogen) atoms. The van der Waals surface area contributed by atoms with Gasteiger partial charge in [-0.3, -0.25) is 14.5 Å². The molecule has 0 bridgehead atoms. The first-order chi connectivity index (χ1) is 13.0. The van der Waals surface area contributed by atoms with Gasteiger partial charge < -0.3 is 10.6 Å². The maximum atomic E-state index is 12.9. The minimum atomic E-state index is -0.218. The van der Waals surface area contributed by atoms with E-state index < -0.39 is 0 Å². The molecule has 2 aromatic rings. The summed E-state index contributed by atoms with van der Waals surface area (Å²) in [5.74, 6) is -0.294. The van der Waals surface area contributed by atoms with E-state index in [0.717, 1.165) is 23.2 Å². The van der Waals surface area contributed by atoms with Crippen molar-refractivity contribution in [2.24, 2.45) is 5.73 Å². The average Bonchev–Trinajstić information content (AvgIpc) is 3.12. The Balaban J connectivity index is 1.81. The van der Waals surface area contributed by atoms with Crippen LogP contribution >= 0.6 is 0 Å². The Morgan fingerprint density at radius 3 is 2.52 bits per heavy atom. The second-order valence-electron chi connectivity index (χ2n) is 6.84. The van der Waals surface area contributed by atoms with E-state index in [-0.39, 0.29) is 24.4 Å². The Labute approximate surface area is 160 Å². The number of carbonyl (C=O) groups excluding carboxylic acids is 2. The third-order valence-corrected chi connectivity index (χ3v) is 4.76. The normalized spacial score (nSPS) is 16.7. The van der Waals surface area contributed by atoms with E-state index in [0.29, 0.717) is 13.1 Å². The van der Waals surface area contributed by atoms with Gasteiger partial charge >= 0.3 is 0 Å². The van der Waals surface area contributed by atoms with Crippen molar-refractivity contribution in [1.82, 2.24) is 4.90 Å². The van der Waals surface area contributed by atoms with E-state index in [1.165, 1.54) is 6.08 Å². The van der Waals surface area contributed by atoms with Crippen molar-refractivity contribution in [2.45, 2.75) is 19.4 Å². The lowest BCUT2D eigenvalue weighted by molar-refractivity contribution is -0.130. The van der Waals surface area contributed by atoms with Crippen LogP contribution in [0.25, 0.3) is 6.08 Å². The average molecular weight is 363 g/mol. The van der Waals surface area contributed by atoms with E-state index in [9.17, 15) is 9.59 Å². The summed E-state index contributed by atoms with van der Waals surface area (Å²) in [7, 11) is 0. The van der Waals surface area contributed by atoms with Gasteiger partial charge in [0.25, 0.3) is 5.91 Å². The SMILES string of the molecule is Cc1ccccc1N(CC(=O)N1CCC(N)C1)C(=O)/C=C/c1ccccc1. The number of benzene rings is 2. The fourth-order valence-corrected chi connectivity index (χ4v) is 3.22. The fraction of sp³-hybridized carbons (Fsp3) is 0.273. The molecule has 1 atom stereocenters. The maximum Gasteiger partial charge on any atom is 0.251 e. The number of hydrogen-bond donors (Lipinski definition) is 1. The second kappa shape index (κ2) is 8.64. The zero-order valence-electron chi connectivity index (χ0n) is 15.5. The number of likely N-dealkylation sites (tertiary alicyclic amines) is 1. The predicted octanol–water partition coefficient (Wildman–Crippen LogP) is 2.60. The van der Waals surface area contributed by atoms with Gasteiger partial charge in [0, 0.05) is 30.9 Å². The summed E-state index contributed by atoms with van der Waals surface area (Å²) in [6.07, 6.45) is 4.09. The lowest BCUT2D eigenvalue weighted by Gasteiger charge is -2.25. The number of aryl methyl sites for hydroxylation is 1. The highest BCUT2D eigenvalue weighted by molar-refractivity contribution is 6.07. The molecule has 2 N–H and O–H groups in total. The van der Waals surface area contributed by atoms with Crippen LogP contribution < -0.4 is 10.6 Å². The zero-order chi connectivity index (χ0) is 19.2. The number of amides is 2. The molecule has 0 radical (unpaired) electrons. The van der Waals surface area contributed by atoms with Crippen molar-refractivity contribution in [2.75, 3.05) is 24.5 Å². The molecule has 140 valence electrons. The van der Waals surface area contributed by atoms with E-state index >= 15 is 0 Å². The lowest BCUT2D eigenvalue weighted by Crippen LogP contribution is -2.42. The number of nitrogens with zero attached hydrogens (tertiary/aromatic N) is 2. The largest absolute Gasteiger partial charge is 0.340 e. The van der Waals surface area contributed by atoms with Crippen LogP contribution in [0.5, 0.6) is 0 Å². The molecule has 0 aliphatic carbocycles. The zero-order valence-corrected chi connectivity index (χ0v) is 15.5. The van der Waals surface area contributed by atoms with E-state index in [1.807, 2.05) is 61.5 Å². The highest BCUT2D eigenvalue weighted by atomic mass is 16.2. The highest BCUT2D eigenvalue weighted by Crippen LogP contribution is 2.21. The van der Waals surface area contributed by atoms with Crippen molar-refractivity contribution < 1.29 is 9.59 Å². The van der Waals surface area contributed by atoms with Gasteiger partial charge in [0.05, 0.1) is 0 Å². The molecular formula is C22H25N3O2. The molecule has 1 unspecified atom stereocenters. The van der Waals surface area contributed by atoms with Gasteiger partial charge in [0.2, 0.25) is 5.91 Å². The smallest absolute Gasteiger partial charge is 0.251 e. The Kier molecular flexibility index (Phi) is 6.04. The second-order valence-corrected chi connectivity index (χ2v) is 6.84. The number of para-hydroxylation sites is 1. The molecule has 0 spiro atoms. The molecule has 3 rings (SSSR count). The lowest BCUT2D eigenvalue weighted by atomic mass is 10.1. The monoisotopic (exact) mass is 363 g/mol. The molecule has 2 amide bonds. The van der Waals surface area contributed by atoms with Gasteiger partial charge in [-0.15, -0.1) is 0 Å². The molecule has 1 aliphatic rings. The molecule has 0 aromatic heterocycles. The summed E-state index contributed by atoms with van der Waals surface area (Å²) in [5, 5.41) is 0. The van der Waals surface area contributed by atoms with Crippen LogP contribution in [0.1, 0.15) is 17.5 Å². The quantitative estimate of drug-likeness (QED) is 0.831. The van der Waals surface area contributed by atoms with E-state index in [4.69, 9.17) is 5.73 Å². The summed E-state index contributed by atoms with van der Waals surface area (Å²) in [4.78, 5) is 28.9. The van der Waals surface area contributed by atoms with Crippen LogP contribution in [0.4, 0.5) is 5.69 Å². The van der Waals surface area contributed by atoms with Crippen LogP contribution in [-0.2, 0) is 9.59 Å². The van der Waals surface area contributed by atoms with Crippen molar-refractivity contribution in [3.05, 3.63) is 71.8 Å². The van der Waals surface area contributed by atoms with Crippen LogP contribution in [0.2, 0.25) is 0 Å². The summed E-state index contributed by atoms with van der Waals surface area (Å²) in [6, 6.07) is 17.2. The molecule has 1 aliphatic heterocycles. The van der Waals surface area contributed by atoms with Gasteiger partial charge in [0.1, 0.15) is 6.54 Å². The van der Waals surface area contributed by atoms with Gasteiger partial charge in [-0.2, -0.15) is 0 Å². The highest BCUT2D eigenvalue weighted by Gasteiger charge is 2.27. The summed E-state index contributed by atoms with van der Waals surface area (Å²) in [5.41, 5.74) is 8.55. The van der Waals surface area contributed by atoms with E-state index in [1.54, 1.807) is 15.9 Å². The Hall–Kier alpha value is -2.92. The summed E-state index contributed by atoms with van der Waals surface area (Å²) >= 11 is 0. The first kappa shape index (κ1) is 18.9. The van der Waals surface area contributed by atoms with E-state index in [2.05, 4.69) is 0 Å². The number of hydrogen-bond acceptors (Lipinski definition) is 3. The minimum absolute atomic E-state index is 0.00946. The molecule has 1 fully saturated rings. The molecular weight excluding hydrogens is 338 g/mol. The molecule has 5 heteroatoms. The minimum Gasteiger partial charge on any atom is -0.340 e. The third-order valence-electron chi connectivity index (χ3n) is 4.76. The van der Waals surface area contributed by atoms with Crippen LogP contribution in [0, 0.1) is 6.92 Å². The Bertz CT molecular complexity index is 832. The van der Waals surface area contributed by atoms with Crippen molar-refractivity contribution in [1.29, 1.82) is 0 Å². The molecule has 1 saturated heterocycles. The maximum absolute atomic E-state index is 12.9. The molecule has 0 saturated carbocycles.